The van der Waals surface area contributed by atoms with Gasteiger partial charge in [-0.1, -0.05) is 29.4 Å². The van der Waals surface area contributed by atoms with E-state index in [-0.39, 0.29) is 5.82 Å². The summed E-state index contributed by atoms with van der Waals surface area (Å²) in [6.07, 6.45) is 0.633. The largest absolute Gasteiger partial charge is 0.385 e. The molecule has 1 aromatic heterocycles. The highest BCUT2D eigenvalue weighted by Gasteiger charge is 2.09. The molecule has 0 fully saturated rings. The van der Waals surface area contributed by atoms with E-state index in [2.05, 4.69) is 15.5 Å². The minimum atomic E-state index is -0.321. The van der Waals surface area contributed by atoms with Crippen molar-refractivity contribution in [2.45, 2.75) is 6.42 Å². The third-order valence-corrected chi connectivity index (χ3v) is 2.99. The zero-order valence-electron chi connectivity index (χ0n) is 11.3. The molecule has 106 valence electrons. The Hall–Kier alpha value is -2.69. The Balaban J connectivity index is 1.60. The molecule has 0 amide bonds. The Morgan fingerprint density at radius 1 is 1.05 bits per heavy atom. The predicted molar refractivity (Wildman–Crippen MR) is 78.3 cm³/mol. The van der Waals surface area contributed by atoms with E-state index in [0.717, 1.165) is 5.69 Å². The second-order valence-corrected chi connectivity index (χ2v) is 4.57. The zero-order valence-corrected chi connectivity index (χ0v) is 11.3. The van der Waals surface area contributed by atoms with Gasteiger partial charge in [0.2, 0.25) is 0 Å². The molecule has 3 aromatic rings. The monoisotopic (exact) mass is 283 g/mol. The maximum Gasteiger partial charge on any atom is 0.258 e. The molecule has 1 heterocycles. The average molecular weight is 283 g/mol. The summed E-state index contributed by atoms with van der Waals surface area (Å²) in [5, 5.41) is 7.17. The number of hydrogen-bond acceptors (Lipinski definition) is 4. The number of nitrogens with one attached hydrogen (secondary N) is 1. The highest BCUT2D eigenvalue weighted by atomic mass is 19.1. The Bertz CT molecular complexity index is 712. The van der Waals surface area contributed by atoms with Gasteiger partial charge in [-0.05, 0) is 30.3 Å². The van der Waals surface area contributed by atoms with Crippen LogP contribution in [0.1, 0.15) is 5.82 Å². The molecule has 0 aliphatic heterocycles. The van der Waals surface area contributed by atoms with Crippen molar-refractivity contribution >= 4 is 5.69 Å². The van der Waals surface area contributed by atoms with Gasteiger partial charge in [-0.15, -0.1) is 0 Å². The van der Waals surface area contributed by atoms with Crippen molar-refractivity contribution in [3.05, 3.63) is 66.2 Å². The van der Waals surface area contributed by atoms with Crippen LogP contribution >= 0.6 is 0 Å². The van der Waals surface area contributed by atoms with Crippen LogP contribution in [0.5, 0.6) is 0 Å². The van der Waals surface area contributed by atoms with Crippen LogP contribution in [0.15, 0.2) is 59.1 Å². The summed E-state index contributed by atoms with van der Waals surface area (Å²) in [7, 11) is 0. The van der Waals surface area contributed by atoms with Crippen LogP contribution in [0.2, 0.25) is 0 Å². The van der Waals surface area contributed by atoms with Gasteiger partial charge in [0.25, 0.3) is 5.89 Å². The zero-order chi connectivity index (χ0) is 14.5. The number of benzene rings is 2. The van der Waals surface area contributed by atoms with Crippen molar-refractivity contribution < 1.29 is 8.91 Å². The molecule has 0 aliphatic carbocycles. The van der Waals surface area contributed by atoms with Crippen LogP contribution < -0.4 is 5.32 Å². The molecule has 0 unspecified atom stereocenters. The normalized spacial score (nSPS) is 10.5. The molecule has 4 nitrogen and oxygen atoms in total. The summed E-state index contributed by atoms with van der Waals surface area (Å²) >= 11 is 0. The molecule has 0 spiro atoms. The first-order valence-electron chi connectivity index (χ1n) is 6.69. The summed E-state index contributed by atoms with van der Waals surface area (Å²) in [6, 6.07) is 16.0. The topological polar surface area (TPSA) is 51.0 Å². The van der Waals surface area contributed by atoms with Gasteiger partial charge in [-0.2, -0.15) is 4.98 Å². The van der Waals surface area contributed by atoms with E-state index in [1.165, 1.54) is 12.1 Å². The molecule has 0 bridgehead atoms. The lowest BCUT2D eigenvalue weighted by atomic mass is 10.2. The molecule has 0 saturated heterocycles. The maximum atomic E-state index is 13.2. The van der Waals surface area contributed by atoms with Crippen LogP contribution in [0.3, 0.4) is 0 Å². The second kappa shape index (κ2) is 6.17. The van der Waals surface area contributed by atoms with E-state index in [0.29, 0.717) is 30.2 Å². The lowest BCUT2D eigenvalue weighted by Crippen LogP contribution is -2.05. The van der Waals surface area contributed by atoms with Crippen LogP contribution in [0.25, 0.3) is 11.5 Å². The van der Waals surface area contributed by atoms with Crippen molar-refractivity contribution in [2.75, 3.05) is 11.9 Å². The summed E-state index contributed by atoms with van der Waals surface area (Å²) in [4.78, 5) is 4.27. The minimum absolute atomic E-state index is 0.321. The molecule has 0 aliphatic rings. The molecule has 1 N–H and O–H groups in total. The van der Waals surface area contributed by atoms with Gasteiger partial charge in [0.1, 0.15) is 5.82 Å². The van der Waals surface area contributed by atoms with Crippen LogP contribution in [0.4, 0.5) is 10.1 Å². The Morgan fingerprint density at radius 2 is 1.90 bits per heavy atom. The second-order valence-electron chi connectivity index (χ2n) is 4.57. The fraction of sp³-hybridized carbons (Fsp3) is 0.125. The lowest BCUT2D eigenvalue weighted by Gasteiger charge is -2.03. The van der Waals surface area contributed by atoms with E-state index >= 15 is 0 Å². The Labute approximate surface area is 121 Å². The Kier molecular flexibility index (Phi) is 3.91. The molecule has 5 heteroatoms. The molecular formula is C16H14FN3O. The van der Waals surface area contributed by atoms with Gasteiger partial charge < -0.3 is 9.84 Å². The molecule has 3 rings (SSSR count). The van der Waals surface area contributed by atoms with Gasteiger partial charge in [-0.3, -0.25) is 0 Å². The number of anilines is 1. The van der Waals surface area contributed by atoms with Gasteiger partial charge in [-0.25, -0.2) is 4.39 Å². The van der Waals surface area contributed by atoms with E-state index in [1.54, 1.807) is 12.1 Å². The molecule has 0 saturated carbocycles. The standard InChI is InChI=1S/C16H14FN3O/c17-13-6-4-5-12(11-13)16-19-15(20-21-16)9-10-18-14-7-2-1-3-8-14/h1-8,11,18H,9-10H2. The van der Waals surface area contributed by atoms with Crippen LogP contribution in [0, 0.1) is 5.82 Å². The first-order chi connectivity index (χ1) is 10.3. The molecule has 2 aromatic carbocycles. The van der Waals surface area contributed by atoms with E-state index in [4.69, 9.17) is 4.52 Å². The number of para-hydroxylation sites is 1. The molecule has 0 atom stereocenters. The van der Waals surface area contributed by atoms with Crippen molar-refractivity contribution in [3.8, 4) is 11.5 Å². The maximum absolute atomic E-state index is 13.2. The molecule has 21 heavy (non-hydrogen) atoms. The lowest BCUT2D eigenvalue weighted by molar-refractivity contribution is 0.422. The quantitative estimate of drug-likeness (QED) is 0.778. The summed E-state index contributed by atoms with van der Waals surface area (Å²) in [5.74, 6) is 0.611. The summed E-state index contributed by atoms with van der Waals surface area (Å²) in [6.45, 7) is 0.701. The fourth-order valence-electron chi connectivity index (χ4n) is 1.97. The van der Waals surface area contributed by atoms with Crippen molar-refractivity contribution in [1.29, 1.82) is 0 Å². The van der Waals surface area contributed by atoms with Crippen molar-refractivity contribution in [1.82, 2.24) is 10.1 Å². The first kappa shape index (κ1) is 13.3. The van der Waals surface area contributed by atoms with Gasteiger partial charge in [0.15, 0.2) is 5.82 Å². The summed E-state index contributed by atoms with van der Waals surface area (Å²) < 4.78 is 18.3. The van der Waals surface area contributed by atoms with E-state index in [9.17, 15) is 4.39 Å². The smallest absolute Gasteiger partial charge is 0.258 e. The van der Waals surface area contributed by atoms with Gasteiger partial charge in [0.05, 0.1) is 0 Å². The third-order valence-electron chi connectivity index (χ3n) is 2.99. The van der Waals surface area contributed by atoms with Crippen molar-refractivity contribution in [2.24, 2.45) is 0 Å². The van der Waals surface area contributed by atoms with Crippen LogP contribution in [-0.4, -0.2) is 16.7 Å². The predicted octanol–water partition coefficient (Wildman–Crippen LogP) is 3.53. The number of nitrogens with zero attached hydrogens (tertiary/aromatic N) is 2. The SMILES string of the molecule is Fc1cccc(-c2nc(CCNc3ccccc3)no2)c1. The highest BCUT2D eigenvalue weighted by molar-refractivity contribution is 5.52. The highest BCUT2D eigenvalue weighted by Crippen LogP contribution is 2.18. The number of rotatable bonds is 5. The van der Waals surface area contributed by atoms with Gasteiger partial charge in [0, 0.05) is 24.2 Å². The molecular weight excluding hydrogens is 269 g/mol. The van der Waals surface area contributed by atoms with Gasteiger partial charge >= 0.3 is 0 Å². The minimum Gasteiger partial charge on any atom is -0.385 e. The van der Waals surface area contributed by atoms with E-state index in [1.807, 2.05) is 30.3 Å². The first-order valence-corrected chi connectivity index (χ1v) is 6.69. The number of halogens is 1. The number of hydrogen-bond donors (Lipinski definition) is 1. The third kappa shape index (κ3) is 3.45. The number of aromatic nitrogens is 2. The fourth-order valence-corrected chi connectivity index (χ4v) is 1.97. The van der Waals surface area contributed by atoms with Crippen LogP contribution in [-0.2, 0) is 6.42 Å². The Morgan fingerprint density at radius 3 is 2.71 bits per heavy atom. The van der Waals surface area contributed by atoms with Crippen molar-refractivity contribution in [3.63, 3.8) is 0 Å². The average Bonchev–Trinajstić information content (AvgIpc) is 2.97. The molecule has 0 radical (unpaired) electrons. The van der Waals surface area contributed by atoms with E-state index < -0.39 is 0 Å². The summed E-state index contributed by atoms with van der Waals surface area (Å²) in [5.41, 5.74) is 1.64.